The first kappa shape index (κ1) is 21.4. The largest absolute Gasteiger partial charge is 0.385 e. The average Bonchev–Trinajstić information content (AvgIpc) is 2.68. The Morgan fingerprint density at radius 1 is 1.07 bits per heavy atom. The monoisotopic (exact) mass is 379 g/mol. The molecular formula is C23H29N3O2. The van der Waals surface area contributed by atoms with Gasteiger partial charge in [0.1, 0.15) is 0 Å². The highest BCUT2D eigenvalue weighted by molar-refractivity contribution is 6.22. The van der Waals surface area contributed by atoms with Crippen LogP contribution < -0.4 is 5.32 Å². The van der Waals surface area contributed by atoms with E-state index >= 15 is 0 Å². The van der Waals surface area contributed by atoms with Gasteiger partial charge in [0, 0.05) is 49.2 Å². The number of aromatic nitrogens is 1. The van der Waals surface area contributed by atoms with E-state index in [9.17, 15) is 9.59 Å². The lowest BCUT2D eigenvalue weighted by atomic mass is 9.92. The van der Waals surface area contributed by atoms with Crippen LogP contribution in [0.3, 0.4) is 0 Å². The van der Waals surface area contributed by atoms with E-state index in [0.717, 1.165) is 46.6 Å². The number of nitrogens with one attached hydrogen (secondary N) is 1. The molecule has 28 heavy (non-hydrogen) atoms. The number of nitrogens with zero attached hydrogens (tertiary/aromatic N) is 2. The van der Waals surface area contributed by atoms with Crippen LogP contribution in [0.1, 0.15) is 50.0 Å². The second-order valence-corrected chi connectivity index (χ2v) is 6.99. The van der Waals surface area contributed by atoms with Crippen LogP contribution in [0.2, 0.25) is 0 Å². The van der Waals surface area contributed by atoms with Gasteiger partial charge in [-0.25, -0.2) is 0 Å². The third kappa shape index (κ3) is 4.66. The zero-order valence-electron chi connectivity index (χ0n) is 17.6. The van der Waals surface area contributed by atoms with Gasteiger partial charge in [-0.15, -0.1) is 0 Å². The molecule has 0 aliphatic rings. The average molecular weight is 380 g/mol. The van der Waals surface area contributed by atoms with E-state index in [2.05, 4.69) is 17.2 Å². The van der Waals surface area contributed by atoms with Gasteiger partial charge in [0.15, 0.2) is 5.78 Å². The van der Waals surface area contributed by atoms with Gasteiger partial charge < -0.3 is 10.2 Å². The molecule has 0 saturated carbocycles. The quantitative estimate of drug-likeness (QED) is 0.711. The third-order valence-electron chi connectivity index (χ3n) is 4.68. The second kappa shape index (κ2) is 9.31. The number of rotatable bonds is 7. The standard InChI is InChI=1S/C23H29N3O2/c1-7-15(3)22(16(4)27)19-13-17(9-12-21(19)24-8-2)20-11-10-18(14-25-20)23(28)26(5)6/h9-14,24H,7-8H2,1-6H3. The van der Waals surface area contributed by atoms with Crippen molar-refractivity contribution in [1.29, 1.82) is 0 Å². The van der Waals surface area contributed by atoms with Crippen LogP contribution in [-0.4, -0.2) is 42.2 Å². The van der Waals surface area contributed by atoms with Crippen molar-refractivity contribution in [3.8, 4) is 11.3 Å². The molecule has 0 aliphatic carbocycles. The van der Waals surface area contributed by atoms with Gasteiger partial charge in [0.25, 0.3) is 5.91 Å². The van der Waals surface area contributed by atoms with Crippen molar-refractivity contribution in [3.63, 3.8) is 0 Å². The Labute approximate surface area is 167 Å². The summed E-state index contributed by atoms with van der Waals surface area (Å²) in [5, 5.41) is 3.35. The number of hydrogen-bond acceptors (Lipinski definition) is 4. The molecule has 1 amide bonds. The molecular weight excluding hydrogens is 350 g/mol. The van der Waals surface area contributed by atoms with Crippen molar-refractivity contribution >= 4 is 23.0 Å². The Balaban J connectivity index is 2.56. The first-order valence-electron chi connectivity index (χ1n) is 9.57. The molecule has 0 spiro atoms. The molecule has 2 rings (SSSR count). The number of carbonyl (C=O) groups is 2. The number of allylic oxidation sites excluding steroid dienone is 2. The molecule has 5 nitrogen and oxygen atoms in total. The first-order valence-corrected chi connectivity index (χ1v) is 9.57. The maximum atomic E-state index is 12.4. The number of hydrogen-bond donors (Lipinski definition) is 1. The summed E-state index contributed by atoms with van der Waals surface area (Å²) in [5.74, 6) is -0.0295. The summed E-state index contributed by atoms with van der Waals surface area (Å²) in [6.07, 6.45) is 2.40. The lowest BCUT2D eigenvalue weighted by Crippen LogP contribution is -2.21. The van der Waals surface area contributed by atoms with Crippen LogP contribution >= 0.6 is 0 Å². The summed E-state index contributed by atoms with van der Waals surface area (Å²) in [6.45, 7) is 8.46. The number of carbonyl (C=O) groups excluding carboxylic acids is 2. The van der Waals surface area contributed by atoms with Gasteiger partial charge in [0.05, 0.1) is 11.3 Å². The zero-order valence-corrected chi connectivity index (χ0v) is 17.6. The fourth-order valence-corrected chi connectivity index (χ4v) is 3.10. The SMILES string of the molecule is CCNc1ccc(-c2ccc(C(=O)N(C)C)cn2)cc1C(C(C)=O)=C(C)CC. The number of benzene rings is 1. The summed E-state index contributed by atoms with van der Waals surface area (Å²) in [7, 11) is 3.43. The summed E-state index contributed by atoms with van der Waals surface area (Å²) in [5.41, 5.74) is 5.85. The van der Waals surface area contributed by atoms with E-state index in [-0.39, 0.29) is 11.7 Å². The van der Waals surface area contributed by atoms with Crippen molar-refractivity contribution in [2.45, 2.75) is 34.1 Å². The molecule has 1 N–H and O–H groups in total. The topological polar surface area (TPSA) is 62.3 Å². The minimum absolute atomic E-state index is 0.0514. The van der Waals surface area contributed by atoms with E-state index in [4.69, 9.17) is 0 Å². The Hall–Kier alpha value is -2.95. The minimum Gasteiger partial charge on any atom is -0.385 e. The van der Waals surface area contributed by atoms with Gasteiger partial charge in [0.2, 0.25) is 0 Å². The summed E-state index contributed by atoms with van der Waals surface area (Å²) >= 11 is 0. The normalized spacial score (nSPS) is 11.6. The molecule has 5 heteroatoms. The third-order valence-corrected chi connectivity index (χ3v) is 4.68. The van der Waals surface area contributed by atoms with E-state index in [1.165, 1.54) is 4.90 Å². The van der Waals surface area contributed by atoms with Crippen LogP contribution in [0.5, 0.6) is 0 Å². The first-order chi connectivity index (χ1) is 13.3. The number of ketones is 1. The van der Waals surface area contributed by atoms with Crippen LogP contribution in [0.15, 0.2) is 42.1 Å². The van der Waals surface area contributed by atoms with Crippen LogP contribution in [0, 0.1) is 0 Å². The van der Waals surface area contributed by atoms with Crippen molar-refractivity contribution in [3.05, 3.63) is 53.2 Å². The van der Waals surface area contributed by atoms with Crippen molar-refractivity contribution in [2.75, 3.05) is 26.0 Å². The lowest BCUT2D eigenvalue weighted by Gasteiger charge is -2.16. The minimum atomic E-state index is -0.0809. The van der Waals surface area contributed by atoms with Crippen LogP contribution in [-0.2, 0) is 4.79 Å². The smallest absolute Gasteiger partial charge is 0.254 e. The highest BCUT2D eigenvalue weighted by atomic mass is 16.2. The van der Waals surface area contributed by atoms with E-state index in [0.29, 0.717) is 5.56 Å². The molecule has 0 saturated heterocycles. The molecule has 0 bridgehead atoms. The Bertz CT molecular complexity index is 897. The van der Waals surface area contributed by atoms with E-state index in [1.54, 1.807) is 33.3 Å². The Kier molecular flexibility index (Phi) is 7.10. The van der Waals surface area contributed by atoms with Gasteiger partial charge >= 0.3 is 0 Å². The van der Waals surface area contributed by atoms with Crippen molar-refractivity contribution in [1.82, 2.24) is 9.88 Å². The van der Waals surface area contributed by atoms with Crippen molar-refractivity contribution < 1.29 is 9.59 Å². The van der Waals surface area contributed by atoms with Crippen LogP contribution in [0.4, 0.5) is 5.69 Å². The molecule has 1 aromatic heterocycles. The Morgan fingerprint density at radius 3 is 2.29 bits per heavy atom. The molecule has 0 unspecified atom stereocenters. The molecule has 0 fully saturated rings. The highest BCUT2D eigenvalue weighted by Gasteiger charge is 2.16. The number of amides is 1. The number of pyridine rings is 1. The lowest BCUT2D eigenvalue weighted by molar-refractivity contribution is -0.111. The van der Waals surface area contributed by atoms with E-state index in [1.807, 2.05) is 38.1 Å². The summed E-state index contributed by atoms with van der Waals surface area (Å²) in [4.78, 5) is 30.5. The molecule has 0 radical (unpaired) electrons. The zero-order chi connectivity index (χ0) is 20.8. The van der Waals surface area contributed by atoms with Crippen molar-refractivity contribution in [2.24, 2.45) is 0 Å². The van der Waals surface area contributed by atoms with Gasteiger partial charge in [-0.2, -0.15) is 0 Å². The summed E-state index contributed by atoms with van der Waals surface area (Å²) in [6, 6.07) is 9.59. The number of anilines is 1. The predicted molar refractivity (Wildman–Crippen MR) is 115 cm³/mol. The molecule has 0 aliphatic heterocycles. The number of Topliss-reactive ketones (excluding diaryl/α,β-unsaturated/α-hetero) is 1. The molecule has 1 aromatic carbocycles. The highest BCUT2D eigenvalue weighted by Crippen LogP contribution is 2.32. The maximum Gasteiger partial charge on any atom is 0.254 e. The van der Waals surface area contributed by atoms with Crippen LogP contribution in [0.25, 0.3) is 16.8 Å². The molecule has 2 aromatic rings. The second-order valence-electron chi connectivity index (χ2n) is 6.99. The molecule has 148 valence electrons. The summed E-state index contributed by atoms with van der Waals surface area (Å²) < 4.78 is 0. The van der Waals surface area contributed by atoms with Gasteiger partial charge in [-0.1, -0.05) is 18.6 Å². The molecule has 1 heterocycles. The maximum absolute atomic E-state index is 12.4. The Morgan fingerprint density at radius 2 is 1.79 bits per heavy atom. The van der Waals surface area contributed by atoms with E-state index < -0.39 is 0 Å². The molecule has 0 atom stereocenters. The fraction of sp³-hybridized carbons (Fsp3) is 0.348. The fourth-order valence-electron chi connectivity index (χ4n) is 3.10. The van der Waals surface area contributed by atoms with Gasteiger partial charge in [-0.05, 0) is 51.5 Å². The van der Waals surface area contributed by atoms with Gasteiger partial charge in [-0.3, -0.25) is 14.6 Å². The predicted octanol–water partition coefficient (Wildman–Crippen LogP) is 4.65.